The van der Waals surface area contributed by atoms with Crippen LogP contribution in [0.3, 0.4) is 0 Å². The van der Waals surface area contributed by atoms with Gasteiger partial charge in [0.1, 0.15) is 17.3 Å². The highest BCUT2D eigenvalue weighted by molar-refractivity contribution is 5.95. The van der Waals surface area contributed by atoms with Gasteiger partial charge in [0.05, 0.1) is 33.0 Å². The number of nitrogens with one attached hydrogen (secondary N) is 1. The Hall–Kier alpha value is -3.94. The number of likely N-dealkylation sites (N-methyl/N-ethyl adjacent to an activating group) is 1. The largest absolute Gasteiger partial charge is 0.496 e. The van der Waals surface area contributed by atoms with Gasteiger partial charge in [0.25, 0.3) is 0 Å². The number of aromatic amines is 1. The molecule has 10 atom stereocenters. The van der Waals surface area contributed by atoms with E-state index in [1.165, 1.54) is 14.2 Å². The number of esters is 2. The van der Waals surface area contributed by atoms with Crippen LogP contribution in [0.2, 0.25) is 0 Å². The highest BCUT2D eigenvalue weighted by Gasteiger charge is 2.79. The first kappa shape index (κ1) is 37.6. The number of hydrogen-bond donors (Lipinski definition) is 4. The lowest BCUT2D eigenvalue weighted by Gasteiger charge is -2.63. The second-order valence-corrected chi connectivity index (χ2v) is 17.6. The topological polar surface area (TPSA) is 148 Å². The number of nitrogens with zero attached hydrogens (tertiary/aromatic N) is 3. The van der Waals surface area contributed by atoms with E-state index in [1.54, 1.807) is 7.11 Å². The smallest absolute Gasteiger partial charge is 0.342 e. The number of benzene rings is 2. The van der Waals surface area contributed by atoms with Crippen molar-refractivity contribution in [3.8, 4) is 5.75 Å². The lowest BCUT2D eigenvalue weighted by Crippen LogP contribution is -2.80. The summed E-state index contributed by atoms with van der Waals surface area (Å²) in [7, 11) is 6.17. The summed E-state index contributed by atoms with van der Waals surface area (Å²) in [5.41, 5.74) is -1.43. The van der Waals surface area contributed by atoms with Crippen LogP contribution in [0.5, 0.6) is 5.75 Å². The zero-order valence-corrected chi connectivity index (χ0v) is 33.4. The standard InChI is InChI=1S/C44H56N4O8/c1-7-40(52)22-26-23-43(38(50)55-5,34-28(14-18-47(24-26)25-40)27-12-9-10-13-31(27)45-34)30-20-29-32(21-33(30)54-4)46(3)36-42(29)16-19-48-17-11-15-41(8-2,35(42)48)37(49)44(36,53)39(51)56-6/h9-13,15,20-21,26,35-37,45,49,52-53H,7-8,14,16-19,22-25H2,1-6H3/t26?,35?,36?,37?,40-,41+,42?,43-,44-/m0/s1. The number of fused-ring (bicyclic) bond motifs is 6. The summed E-state index contributed by atoms with van der Waals surface area (Å²) in [6.45, 7) is 7.41. The van der Waals surface area contributed by atoms with Crippen molar-refractivity contribution in [1.29, 1.82) is 0 Å². The van der Waals surface area contributed by atoms with Gasteiger partial charge in [-0.15, -0.1) is 0 Å². The number of anilines is 1. The number of aliphatic hydroxyl groups is 3. The van der Waals surface area contributed by atoms with Crippen LogP contribution in [0.25, 0.3) is 10.9 Å². The Bertz CT molecular complexity index is 2140. The Balaban J connectivity index is 1.36. The van der Waals surface area contributed by atoms with Crippen molar-refractivity contribution in [2.75, 3.05) is 66.0 Å². The first-order valence-electron chi connectivity index (χ1n) is 20.3. The fourth-order valence-corrected chi connectivity index (χ4v) is 13.2. The summed E-state index contributed by atoms with van der Waals surface area (Å²) in [5, 5.41) is 38.3. The average Bonchev–Trinajstić information content (AvgIpc) is 3.87. The van der Waals surface area contributed by atoms with E-state index >= 15 is 4.79 Å². The number of carbonyl (C=O) groups excluding carboxylic acids is 2. The van der Waals surface area contributed by atoms with Crippen LogP contribution in [0.15, 0.2) is 48.6 Å². The molecule has 2 bridgehead atoms. The van der Waals surface area contributed by atoms with Gasteiger partial charge in [-0.25, -0.2) is 4.79 Å². The van der Waals surface area contributed by atoms with Crippen molar-refractivity contribution in [2.45, 2.75) is 92.6 Å². The van der Waals surface area contributed by atoms with Gasteiger partial charge in [-0.3, -0.25) is 14.6 Å². The zero-order valence-electron chi connectivity index (χ0n) is 33.4. The van der Waals surface area contributed by atoms with E-state index < -0.39 is 51.5 Å². The molecular weight excluding hydrogens is 713 g/mol. The van der Waals surface area contributed by atoms with Gasteiger partial charge >= 0.3 is 11.9 Å². The zero-order chi connectivity index (χ0) is 39.6. The first-order chi connectivity index (χ1) is 26.8. The van der Waals surface area contributed by atoms with E-state index in [-0.39, 0.29) is 12.0 Å². The maximum absolute atomic E-state index is 15.2. The fraction of sp³-hybridized carbons (Fsp3) is 0.591. The predicted octanol–water partition coefficient (Wildman–Crippen LogP) is 3.42. The third kappa shape index (κ3) is 4.59. The third-order valence-electron chi connectivity index (χ3n) is 15.4. The molecule has 1 spiro atoms. The van der Waals surface area contributed by atoms with Crippen LogP contribution in [0, 0.1) is 11.3 Å². The molecule has 1 aliphatic carbocycles. The molecule has 2 aromatic carbocycles. The van der Waals surface area contributed by atoms with Crippen LogP contribution in [0.4, 0.5) is 5.69 Å². The molecule has 300 valence electrons. The van der Waals surface area contributed by atoms with Gasteiger partial charge in [0.2, 0.25) is 5.60 Å². The molecule has 9 rings (SSSR count). The number of H-pyrrole nitrogens is 1. The van der Waals surface area contributed by atoms with E-state index in [4.69, 9.17) is 14.2 Å². The second-order valence-electron chi connectivity index (χ2n) is 17.6. The van der Waals surface area contributed by atoms with Crippen LogP contribution in [-0.2, 0) is 36.3 Å². The van der Waals surface area contributed by atoms with Gasteiger partial charge in [-0.2, -0.15) is 0 Å². The Morgan fingerprint density at radius 2 is 1.73 bits per heavy atom. The molecule has 2 saturated heterocycles. The molecule has 6 unspecified atom stereocenters. The minimum Gasteiger partial charge on any atom is -0.496 e. The number of aliphatic hydroxyl groups excluding tert-OH is 1. The highest BCUT2D eigenvalue weighted by Crippen LogP contribution is 2.67. The Kier molecular flexibility index (Phi) is 8.59. The van der Waals surface area contributed by atoms with Crippen LogP contribution >= 0.6 is 0 Å². The maximum atomic E-state index is 15.2. The van der Waals surface area contributed by atoms with Crippen molar-refractivity contribution < 1.29 is 39.1 Å². The average molecular weight is 769 g/mol. The molecule has 12 heteroatoms. The van der Waals surface area contributed by atoms with Crippen molar-refractivity contribution >= 4 is 28.5 Å². The molecule has 6 aliphatic rings. The third-order valence-corrected chi connectivity index (χ3v) is 15.4. The molecule has 1 aromatic heterocycles. The summed E-state index contributed by atoms with van der Waals surface area (Å²) in [4.78, 5) is 39.7. The van der Waals surface area contributed by atoms with E-state index in [0.29, 0.717) is 69.5 Å². The molecule has 0 amide bonds. The second kappa shape index (κ2) is 12.8. The summed E-state index contributed by atoms with van der Waals surface area (Å²) in [6.07, 6.45) is 5.82. The predicted molar refractivity (Wildman–Crippen MR) is 211 cm³/mol. The number of piperidine rings is 1. The number of hydrogen-bond acceptors (Lipinski definition) is 11. The number of aromatic nitrogens is 1. The minimum atomic E-state index is -2.29. The minimum absolute atomic E-state index is 0.0795. The van der Waals surface area contributed by atoms with Crippen molar-refractivity contribution in [3.63, 3.8) is 0 Å². The number of carbonyl (C=O) groups is 2. The summed E-state index contributed by atoms with van der Waals surface area (Å²) in [5.74, 6) is -0.908. The van der Waals surface area contributed by atoms with Crippen molar-refractivity contribution in [2.24, 2.45) is 11.3 Å². The monoisotopic (exact) mass is 768 g/mol. The van der Waals surface area contributed by atoms with Gasteiger partial charge in [-0.1, -0.05) is 44.2 Å². The van der Waals surface area contributed by atoms with Gasteiger partial charge in [0.15, 0.2) is 0 Å². The van der Waals surface area contributed by atoms with Gasteiger partial charge in [-0.05, 0) is 74.2 Å². The molecular formula is C44H56N4O8. The number of para-hydroxylation sites is 1. The lowest BCUT2D eigenvalue weighted by molar-refractivity contribution is -0.218. The van der Waals surface area contributed by atoms with Gasteiger partial charge in [0, 0.05) is 84.0 Å². The lowest BCUT2D eigenvalue weighted by atomic mass is 9.47. The highest BCUT2D eigenvalue weighted by atomic mass is 16.5. The molecule has 3 aromatic rings. The summed E-state index contributed by atoms with van der Waals surface area (Å²) in [6, 6.07) is 11.1. The summed E-state index contributed by atoms with van der Waals surface area (Å²) < 4.78 is 17.6. The molecule has 6 heterocycles. The Morgan fingerprint density at radius 1 is 0.964 bits per heavy atom. The van der Waals surface area contributed by atoms with Crippen LogP contribution in [0.1, 0.15) is 68.3 Å². The molecule has 0 radical (unpaired) electrons. The normalized spacial score (nSPS) is 38.4. The van der Waals surface area contributed by atoms with E-state index in [0.717, 1.165) is 46.5 Å². The molecule has 56 heavy (non-hydrogen) atoms. The molecule has 12 nitrogen and oxygen atoms in total. The Labute approximate surface area is 328 Å². The maximum Gasteiger partial charge on any atom is 0.342 e. The molecule has 4 N–H and O–H groups in total. The summed E-state index contributed by atoms with van der Waals surface area (Å²) >= 11 is 0. The number of rotatable bonds is 6. The van der Waals surface area contributed by atoms with Crippen LogP contribution < -0.4 is 9.64 Å². The number of methoxy groups -OCH3 is 3. The van der Waals surface area contributed by atoms with Crippen molar-refractivity contribution in [1.82, 2.24) is 14.8 Å². The van der Waals surface area contributed by atoms with Crippen molar-refractivity contribution in [3.05, 3.63) is 70.9 Å². The quantitative estimate of drug-likeness (QED) is 0.216. The molecule has 5 aliphatic heterocycles. The first-order valence-corrected chi connectivity index (χ1v) is 20.3. The molecule has 1 saturated carbocycles. The van der Waals surface area contributed by atoms with E-state index in [9.17, 15) is 20.1 Å². The van der Waals surface area contributed by atoms with Gasteiger partial charge < -0.3 is 39.4 Å². The Morgan fingerprint density at radius 3 is 2.45 bits per heavy atom. The van der Waals surface area contributed by atoms with E-state index in [1.807, 2.05) is 62.2 Å². The van der Waals surface area contributed by atoms with E-state index in [2.05, 4.69) is 26.9 Å². The SMILES string of the molecule is CC[C@]1(O)CC2CN(CCc3c([nH]c4ccccc34)[C@@](C(=O)OC)(c3cc4c(cc3OC)N(C)C3C45CCN4CC=C[C@](CC)(C45)C(O)[C@]3(O)C(=O)OC)C2)C1. The fourth-order valence-electron chi connectivity index (χ4n) is 13.2. The molecule has 3 fully saturated rings. The van der Waals surface area contributed by atoms with Crippen LogP contribution in [-0.4, -0.2) is 133 Å². The number of ether oxygens (including phenoxy) is 3.